The molecular formula is C12H20N2O4S2. The molecule has 1 aromatic carbocycles. The quantitative estimate of drug-likeness (QED) is 0.785. The molecule has 0 saturated heterocycles. The molecule has 0 heterocycles. The van der Waals surface area contributed by atoms with Crippen LogP contribution in [0.4, 0.5) is 5.69 Å². The predicted octanol–water partition coefficient (Wildman–Crippen LogP) is 1.10. The first-order chi connectivity index (χ1) is 9.13. The lowest BCUT2D eigenvalue weighted by Gasteiger charge is -2.14. The van der Waals surface area contributed by atoms with Gasteiger partial charge in [-0.15, -0.1) is 0 Å². The number of sulfonamides is 1. The van der Waals surface area contributed by atoms with E-state index in [1.807, 2.05) is 19.9 Å². The van der Waals surface area contributed by atoms with Crippen molar-refractivity contribution in [1.82, 2.24) is 5.32 Å². The molecule has 1 unspecified atom stereocenters. The Bertz CT molecular complexity index is 654. The second kappa shape index (κ2) is 6.55. The molecule has 0 saturated carbocycles. The monoisotopic (exact) mass is 320 g/mol. The molecule has 0 amide bonds. The summed E-state index contributed by atoms with van der Waals surface area (Å²) in [5.41, 5.74) is 1.28. The van der Waals surface area contributed by atoms with Crippen molar-refractivity contribution in [1.29, 1.82) is 0 Å². The van der Waals surface area contributed by atoms with Crippen LogP contribution in [-0.2, 0) is 19.9 Å². The number of benzene rings is 1. The number of hydrogen-bond donors (Lipinski definition) is 2. The van der Waals surface area contributed by atoms with Crippen molar-refractivity contribution in [3.05, 3.63) is 29.8 Å². The van der Waals surface area contributed by atoms with Gasteiger partial charge in [-0.25, -0.2) is 16.8 Å². The minimum Gasteiger partial charge on any atom is -0.310 e. The summed E-state index contributed by atoms with van der Waals surface area (Å²) in [5, 5.41) is 2.29. The fraction of sp³-hybridized carbons (Fsp3) is 0.500. The molecule has 8 heteroatoms. The molecule has 2 N–H and O–H groups in total. The molecule has 6 nitrogen and oxygen atoms in total. The molecule has 1 rings (SSSR count). The van der Waals surface area contributed by atoms with Crippen LogP contribution in [0.3, 0.4) is 0 Å². The zero-order chi connectivity index (χ0) is 15.4. The van der Waals surface area contributed by atoms with Crippen LogP contribution in [-0.4, -0.2) is 34.7 Å². The topological polar surface area (TPSA) is 92.3 Å². The number of nitrogens with one attached hydrogen (secondary N) is 2. The standard InChI is InChI=1S/C12H20N2O4S2/c1-4-13-10(2)11-6-5-7-12(8-11)14-20(17,18)9-19(3,15)16/h5-8,10,13-14H,4,9H2,1-3H3. The average Bonchev–Trinajstić information content (AvgIpc) is 2.25. The van der Waals surface area contributed by atoms with Crippen LogP contribution in [0.1, 0.15) is 25.5 Å². The van der Waals surface area contributed by atoms with E-state index in [0.29, 0.717) is 5.69 Å². The number of anilines is 1. The minimum atomic E-state index is -3.91. The third-order valence-electron chi connectivity index (χ3n) is 2.54. The van der Waals surface area contributed by atoms with Gasteiger partial charge in [0.2, 0.25) is 10.0 Å². The fourth-order valence-corrected chi connectivity index (χ4v) is 4.76. The maximum absolute atomic E-state index is 11.7. The molecule has 0 bridgehead atoms. The Kier molecular flexibility index (Phi) is 5.55. The number of rotatable bonds is 7. The Balaban J connectivity index is 2.91. The largest absolute Gasteiger partial charge is 0.310 e. The van der Waals surface area contributed by atoms with Gasteiger partial charge >= 0.3 is 0 Å². The highest BCUT2D eigenvalue weighted by atomic mass is 32.3. The second-order valence-corrected chi connectivity index (χ2v) is 8.89. The van der Waals surface area contributed by atoms with E-state index in [-0.39, 0.29) is 6.04 Å². The summed E-state index contributed by atoms with van der Waals surface area (Å²) in [6, 6.07) is 6.96. The van der Waals surface area contributed by atoms with Crippen LogP contribution >= 0.6 is 0 Å². The Morgan fingerprint density at radius 3 is 2.40 bits per heavy atom. The van der Waals surface area contributed by atoms with E-state index in [4.69, 9.17) is 0 Å². The van der Waals surface area contributed by atoms with Crippen LogP contribution in [0.25, 0.3) is 0 Å². The maximum Gasteiger partial charge on any atom is 0.247 e. The lowest BCUT2D eigenvalue weighted by atomic mass is 10.1. The zero-order valence-corrected chi connectivity index (χ0v) is 13.4. The van der Waals surface area contributed by atoms with Gasteiger partial charge in [0.15, 0.2) is 14.9 Å². The van der Waals surface area contributed by atoms with Crippen molar-refractivity contribution in [2.75, 3.05) is 22.6 Å². The molecule has 20 heavy (non-hydrogen) atoms. The van der Waals surface area contributed by atoms with Gasteiger partial charge in [0.1, 0.15) is 0 Å². The molecule has 0 fully saturated rings. The fourth-order valence-electron chi connectivity index (χ4n) is 1.79. The molecule has 1 atom stereocenters. The normalized spacial score (nSPS) is 13.9. The van der Waals surface area contributed by atoms with Crippen molar-refractivity contribution in [3.8, 4) is 0 Å². The van der Waals surface area contributed by atoms with E-state index in [2.05, 4.69) is 10.0 Å². The van der Waals surface area contributed by atoms with Crippen LogP contribution in [0.5, 0.6) is 0 Å². The summed E-state index contributed by atoms with van der Waals surface area (Å²) in [6.45, 7) is 4.74. The van der Waals surface area contributed by atoms with Crippen molar-refractivity contribution in [2.24, 2.45) is 0 Å². The van der Waals surface area contributed by atoms with Gasteiger partial charge in [0.05, 0.1) is 0 Å². The molecule has 0 aliphatic carbocycles. The third-order valence-corrected chi connectivity index (χ3v) is 6.04. The molecule has 0 aliphatic rings. The van der Waals surface area contributed by atoms with E-state index in [1.165, 1.54) is 0 Å². The summed E-state index contributed by atoms with van der Waals surface area (Å²) in [5.74, 6) is 0. The Morgan fingerprint density at radius 2 is 1.85 bits per heavy atom. The first-order valence-corrected chi connectivity index (χ1v) is 9.86. The van der Waals surface area contributed by atoms with Gasteiger partial charge in [-0.3, -0.25) is 4.72 Å². The molecule has 0 aliphatic heterocycles. The van der Waals surface area contributed by atoms with E-state index in [1.54, 1.807) is 18.2 Å². The van der Waals surface area contributed by atoms with Gasteiger partial charge in [0.25, 0.3) is 0 Å². The average molecular weight is 320 g/mol. The van der Waals surface area contributed by atoms with Crippen molar-refractivity contribution in [3.63, 3.8) is 0 Å². The Labute approximate surface area is 120 Å². The summed E-state index contributed by atoms with van der Waals surface area (Å²) in [4.78, 5) is 0. The number of sulfone groups is 1. The van der Waals surface area contributed by atoms with Crippen LogP contribution in [0.2, 0.25) is 0 Å². The van der Waals surface area contributed by atoms with Gasteiger partial charge in [0, 0.05) is 18.0 Å². The molecule has 114 valence electrons. The lowest BCUT2D eigenvalue weighted by molar-refractivity contribution is 0.594. The van der Waals surface area contributed by atoms with E-state index < -0.39 is 24.9 Å². The highest BCUT2D eigenvalue weighted by molar-refractivity contribution is 8.08. The van der Waals surface area contributed by atoms with Crippen LogP contribution < -0.4 is 10.0 Å². The van der Waals surface area contributed by atoms with Gasteiger partial charge < -0.3 is 5.32 Å². The molecule has 1 aromatic rings. The second-order valence-electron chi connectivity index (χ2n) is 4.67. The zero-order valence-electron chi connectivity index (χ0n) is 11.8. The smallest absolute Gasteiger partial charge is 0.247 e. The first kappa shape index (κ1) is 16.9. The van der Waals surface area contributed by atoms with E-state index in [9.17, 15) is 16.8 Å². The van der Waals surface area contributed by atoms with E-state index in [0.717, 1.165) is 18.4 Å². The highest BCUT2D eigenvalue weighted by Crippen LogP contribution is 2.18. The van der Waals surface area contributed by atoms with Crippen LogP contribution in [0, 0.1) is 0 Å². The van der Waals surface area contributed by atoms with Crippen molar-refractivity contribution in [2.45, 2.75) is 19.9 Å². The third kappa shape index (κ3) is 5.89. The van der Waals surface area contributed by atoms with Gasteiger partial charge in [-0.1, -0.05) is 19.1 Å². The summed E-state index contributed by atoms with van der Waals surface area (Å²) in [7, 11) is -7.51. The van der Waals surface area contributed by atoms with Gasteiger partial charge in [-0.2, -0.15) is 0 Å². The first-order valence-electron chi connectivity index (χ1n) is 6.14. The summed E-state index contributed by atoms with van der Waals surface area (Å²) < 4.78 is 47.8. The Morgan fingerprint density at radius 1 is 1.20 bits per heavy atom. The van der Waals surface area contributed by atoms with Crippen molar-refractivity contribution >= 4 is 25.5 Å². The van der Waals surface area contributed by atoms with Gasteiger partial charge in [-0.05, 0) is 31.2 Å². The Hall–Kier alpha value is -1.12. The van der Waals surface area contributed by atoms with Crippen molar-refractivity contribution < 1.29 is 16.8 Å². The number of hydrogen-bond acceptors (Lipinski definition) is 5. The predicted molar refractivity (Wildman–Crippen MR) is 80.8 cm³/mol. The highest BCUT2D eigenvalue weighted by Gasteiger charge is 2.18. The SMILES string of the molecule is CCNC(C)c1cccc(NS(=O)(=O)CS(C)(=O)=O)c1. The maximum atomic E-state index is 11.7. The van der Waals surface area contributed by atoms with E-state index >= 15 is 0 Å². The van der Waals surface area contributed by atoms with Crippen LogP contribution in [0.15, 0.2) is 24.3 Å². The summed E-state index contributed by atoms with van der Waals surface area (Å²) >= 11 is 0. The molecule has 0 radical (unpaired) electrons. The molecule has 0 aromatic heterocycles. The molecular weight excluding hydrogens is 300 g/mol. The minimum absolute atomic E-state index is 0.0827. The summed E-state index contributed by atoms with van der Waals surface area (Å²) in [6.07, 6.45) is 0.885. The lowest BCUT2D eigenvalue weighted by Crippen LogP contribution is -2.22. The molecule has 0 spiro atoms.